The fourth-order valence-electron chi connectivity index (χ4n) is 0.568. The normalized spacial score (nSPS) is 9.18. The van der Waals surface area contributed by atoms with Crippen LogP contribution in [0.4, 0.5) is 0 Å². The first-order valence-corrected chi connectivity index (χ1v) is 2.83. The average molecular weight is 154 g/mol. The first kappa shape index (κ1) is 7.46. The fourth-order valence-corrected chi connectivity index (χ4v) is 0.568. The predicted molar refractivity (Wildman–Crippen MR) is 35.5 cm³/mol. The summed E-state index contributed by atoms with van der Waals surface area (Å²) in [5, 5.41) is 8.46. The number of rotatable bonds is 2. The molecule has 1 N–H and O–H groups in total. The van der Waals surface area contributed by atoms with Crippen molar-refractivity contribution in [3.05, 3.63) is 18.1 Å². The highest BCUT2D eigenvalue weighted by Crippen LogP contribution is 2.04. The molecule has 0 radical (unpaired) electrons. The average Bonchev–Trinajstić information content (AvgIpc) is 2.05. The van der Waals surface area contributed by atoms with Crippen molar-refractivity contribution in [2.75, 3.05) is 7.11 Å². The van der Waals surface area contributed by atoms with E-state index in [0.717, 1.165) is 6.33 Å². The van der Waals surface area contributed by atoms with Crippen LogP contribution in [0, 0.1) is 0 Å². The molecule has 0 amide bonds. The molecule has 0 fully saturated rings. The Labute approximate surface area is 62.7 Å². The van der Waals surface area contributed by atoms with Crippen LogP contribution in [0.3, 0.4) is 0 Å². The number of hydrogen-bond donors (Lipinski definition) is 1. The molecule has 0 aliphatic carbocycles. The largest absolute Gasteiger partial charge is 0.481 e. The number of hydrogen-bond acceptors (Lipinski definition) is 4. The molecule has 5 nitrogen and oxygen atoms in total. The van der Waals surface area contributed by atoms with Gasteiger partial charge in [-0.1, -0.05) is 0 Å². The van der Waals surface area contributed by atoms with Crippen molar-refractivity contribution in [1.29, 1.82) is 0 Å². The summed E-state index contributed by atoms with van der Waals surface area (Å²) in [6.45, 7) is 0. The number of carboxylic acid groups (broad SMARTS) is 1. The number of carbonyl (C=O) groups is 1. The van der Waals surface area contributed by atoms with Gasteiger partial charge in [0.25, 0.3) is 0 Å². The van der Waals surface area contributed by atoms with Crippen molar-refractivity contribution in [2.45, 2.75) is 0 Å². The molecule has 58 valence electrons. The first-order valence-electron chi connectivity index (χ1n) is 2.83. The molecule has 0 bridgehead atoms. The molecule has 0 saturated heterocycles. The molecule has 11 heavy (non-hydrogen) atoms. The Morgan fingerprint density at radius 1 is 1.64 bits per heavy atom. The standard InChI is InChI=1S/C6H6N2O3/c1-11-5-2-4(6(9)10)7-3-8-5/h2-3H,1H3,(H,9,10). The third-order valence-corrected chi connectivity index (χ3v) is 1.07. The van der Waals surface area contributed by atoms with Crippen LogP contribution < -0.4 is 4.74 Å². The van der Waals surface area contributed by atoms with Crippen LogP contribution in [0.25, 0.3) is 0 Å². The van der Waals surface area contributed by atoms with Gasteiger partial charge in [-0.2, -0.15) is 0 Å². The van der Waals surface area contributed by atoms with Crippen molar-refractivity contribution in [3.63, 3.8) is 0 Å². The van der Waals surface area contributed by atoms with Gasteiger partial charge in [0, 0.05) is 6.07 Å². The summed E-state index contributed by atoms with van der Waals surface area (Å²) in [6, 6.07) is 1.25. The zero-order valence-electron chi connectivity index (χ0n) is 5.81. The van der Waals surface area contributed by atoms with Gasteiger partial charge in [-0.05, 0) is 0 Å². The maximum atomic E-state index is 10.3. The van der Waals surface area contributed by atoms with E-state index < -0.39 is 5.97 Å². The highest BCUT2D eigenvalue weighted by Gasteiger charge is 2.04. The highest BCUT2D eigenvalue weighted by atomic mass is 16.5. The van der Waals surface area contributed by atoms with Gasteiger partial charge in [0.1, 0.15) is 6.33 Å². The summed E-state index contributed by atoms with van der Waals surface area (Å²) < 4.78 is 4.69. The Morgan fingerprint density at radius 2 is 2.36 bits per heavy atom. The molecule has 1 rings (SSSR count). The summed E-state index contributed by atoms with van der Waals surface area (Å²) in [4.78, 5) is 17.5. The summed E-state index contributed by atoms with van der Waals surface area (Å²) in [5.41, 5.74) is -0.0724. The summed E-state index contributed by atoms with van der Waals surface area (Å²) in [7, 11) is 1.41. The van der Waals surface area contributed by atoms with Crippen molar-refractivity contribution in [2.24, 2.45) is 0 Å². The van der Waals surface area contributed by atoms with Gasteiger partial charge in [-0.25, -0.2) is 14.8 Å². The quantitative estimate of drug-likeness (QED) is 0.657. The minimum absolute atomic E-state index is 0.0724. The first-order chi connectivity index (χ1) is 5.24. The molecule has 0 unspecified atom stereocenters. The van der Waals surface area contributed by atoms with Gasteiger partial charge < -0.3 is 9.84 Å². The Morgan fingerprint density at radius 3 is 2.91 bits per heavy atom. The van der Waals surface area contributed by atoms with Crippen LogP contribution in [-0.2, 0) is 0 Å². The van der Waals surface area contributed by atoms with E-state index in [0.29, 0.717) is 0 Å². The minimum Gasteiger partial charge on any atom is -0.481 e. The maximum absolute atomic E-state index is 10.3. The molecule has 0 saturated carbocycles. The van der Waals surface area contributed by atoms with Crippen LogP contribution in [-0.4, -0.2) is 28.2 Å². The van der Waals surface area contributed by atoms with Gasteiger partial charge in [-0.15, -0.1) is 0 Å². The van der Waals surface area contributed by atoms with Crippen molar-refractivity contribution in [1.82, 2.24) is 9.97 Å². The number of carboxylic acids is 1. The monoisotopic (exact) mass is 154 g/mol. The Kier molecular flexibility index (Phi) is 2.00. The molecule has 1 aromatic rings. The second-order valence-electron chi connectivity index (χ2n) is 1.75. The molecule has 5 heteroatoms. The zero-order chi connectivity index (χ0) is 8.27. The van der Waals surface area contributed by atoms with Gasteiger partial charge in [0.15, 0.2) is 5.69 Å². The Balaban J connectivity index is 3.01. The molecule has 0 atom stereocenters. The fraction of sp³-hybridized carbons (Fsp3) is 0.167. The molecular formula is C6H6N2O3. The van der Waals surface area contributed by atoms with E-state index in [2.05, 4.69) is 9.97 Å². The lowest BCUT2D eigenvalue weighted by Gasteiger charge is -1.96. The van der Waals surface area contributed by atoms with E-state index in [-0.39, 0.29) is 11.6 Å². The molecule has 1 heterocycles. The Bertz CT molecular complexity index is 274. The number of aromatic nitrogens is 2. The third kappa shape index (κ3) is 1.64. The summed E-state index contributed by atoms with van der Waals surface area (Å²) in [6.07, 6.45) is 1.14. The number of ether oxygens (including phenoxy) is 1. The van der Waals surface area contributed by atoms with Crippen LogP contribution in [0.5, 0.6) is 5.88 Å². The lowest BCUT2D eigenvalue weighted by molar-refractivity contribution is 0.0689. The van der Waals surface area contributed by atoms with Gasteiger partial charge >= 0.3 is 5.97 Å². The number of methoxy groups -OCH3 is 1. The smallest absolute Gasteiger partial charge is 0.354 e. The Hall–Kier alpha value is -1.65. The lowest BCUT2D eigenvalue weighted by Crippen LogP contribution is -2.01. The van der Waals surface area contributed by atoms with Gasteiger partial charge in [0.05, 0.1) is 7.11 Å². The lowest BCUT2D eigenvalue weighted by atomic mass is 10.4. The van der Waals surface area contributed by atoms with E-state index >= 15 is 0 Å². The molecule has 0 spiro atoms. The predicted octanol–water partition coefficient (Wildman–Crippen LogP) is 0.183. The van der Waals surface area contributed by atoms with E-state index in [4.69, 9.17) is 9.84 Å². The molecular weight excluding hydrogens is 148 g/mol. The van der Waals surface area contributed by atoms with Crippen LogP contribution in [0.2, 0.25) is 0 Å². The van der Waals surface area contributed by atoms with E-state index in [9.17, 15) is 4.79 Å². The number of nitrogens with zero attached hydrogens (tertiary/aromatic N) is 2. The van der Waals surface area contributed by atoms with Crippen molar-refractivity contribution >= 4 is 5.97 Å². The molecule has 0 aromatic carbocycles. The van der Waals surface area contributed by atoms with Crippen LogP contribution in [0.1, 0.15) is 10.5 Å². The van der Waals surface area contributed by atoms with Gasteiger partial charge in [0.2, 0.25) is 5.88 Å². The molecule has 0 aliphatic rings. The SMILES string of the molecule is COc1cc(C(=O)O)ncn1. The van der Waals surface area contributed by atoms with Crippen molar-refractivity contribution in [3.8, 4) is 5.88 Å². The third-order valence-electron chi connectivity index (χ3n) is 1.07. The maximum Gasteiger partial charge on any atom is 0.354 e. The zero-order valence-corrected chi connectivity index (χ0v) is 5.81. The summed E-state index contributed by atoms with van der Waals surface area (Å²) >= 11 is 0. The van der Waals surface area contributed by atoms with Gasteiger partial charge in [-0.3, -0.25) is 0 Å². The second-order valence-corrected chi connectivity index (χ2v) is 1.75. The summed E-state index contributed by atoms with van der Waals surface area (Å²) in [5.74, 6) is -0.844. The highest BCUT2D eigenvalue weighted by molar-refractivity contribution is 5.85. The topological polar surface area (TPSA) is 72.3 Å². The van der Waals surface area contributed by atoms with Crippen LogP contribution >= 0.6 is 0 Å². The molecule has 0 aliphatic heterocycles. The van der Waals surface area contributed by atoms with E-state index in [1.807, 2.05) is 0 Å². The van der Waals surface area contributed by atoms with Crippen molar-refractivity contribution < 1.29 is 14.6 Å². The van der Waals surface area contributed by atoms with E-state index in [1.165, 1.54) is 13.2 Å². The van der Waals surface area contributed by atoms with E-state index in [1.54, 1.807) is 0 Å². The number of aromatic carboxylic acids is 1. The second kappa shape index (κ2) is 2.96. The minimum atomic E-state index is -1.09. The van der Waals surface area contributed by atoms with Crippen LogP contribution in [0.15, 0.2) is 12.4 Å². The molecule has 1 aromatic heterocycles.